The minimum atomic E-state index is -0.0447. The summed E-state index contributed by atoms with van der Waals surface area (Å²) in [6.45, 7) is 3.40. The number of Topliss-reactive ketones (excluding diaryl/α,β-unsaturated/α-hetero) is 1. The van der Waals surface area contributed by atoms with Crippen LogP contribution >= 0.6 is 0 Å². The van der Waals surface area contributed by atoms with Crippen molar-refractivity contribution in [2.45, 2.75) is 39.2 Å². The number of carbonyl (C=O) groups is 2. The summed E-state index contributed by atoms with van der Waals surface area (Å²) in [7, 11) is 0. The topological polar surface area (TPSA) is 81.2 Å². The first kappa shape index (κ1) is 18.2. The van der Waals surface area contributed by atoms with Crippen LogP contribution in [0.25, 0.3) is 11.3 Å². The SMILES string of the molecule is Cc1cc2n(n1)CCCN2C(=O)CCC(=O)Cc1cc(-c2ccccc2)no1. The van der Waals surface area contributed by atoms with Crippen molar-refractivity contribution >= 4 is 17.5 Å². The van der Waals surface area contributed by atoms with Gasteiger partial charge < -0.3 is 4.52 Å². The third-order valence-corrected chi connectivity index (χ3v) is 4.83. The number of aromatic nitrogens is 3. The predicted molar refractivity (Wildman–Crippen MR) is 104 cm³/mol. The summed E-state index contributed by atoms with van der Waals surface area (Å²) in [6.07, 6.45) is 1.38. The minimum absolute atomic E-state index is 0.0363. The van der Waals surface area contributed by atoms with E-state index in [1.165, 1.54) is 0 Å². The average Bonchev–Trinajstić information content (AvgIpc) is 3.32. The third kappa shape index (κ3) is 3.88. The summed E-state index contributed by atoms with van der Waals surface area (Å²) in [5.41, 5.74) is 2.54. The second kappa shape index (κ2) is 7.80. The molecule has 0 bridgehead atoms. The van der Waals surface area contributed by atoms with E-state index in [4.69, 9.17) is 4.52 Å². The zero-order valence-electron chi connectivity index (χ0n) is 15.8. The number of anilines is 1. The molecule has 0 spiro atoms. The van der Waals surface area contributed by atoms with Gasteiger partial charge in [-0.25, -0.2) is 4.68 Å². The van der Waals surface area contributed by atoms with Crippen LogP contribution in [-0.2, 0) is 22.6 Å². The van der Waals surface area contributed by atoms with Crippen LogP contribution in [0.2, 0.25) is 0 Å². The molecule has 28 heavy (non-hydrogen) atoms. The van der Waals surface area contributed by atoms with Gasteiger partial charge in [0, 0.05) is 43.6 Å². The predicted octanol–water partition coefficient (Wildman–Crippen LogP) is 3.18. The lowest BCUT2D eigenvalue weighted by Crippen LogP contribution is -2.37. The molecule has 3 heterocycles. The van der Waals surface area contributed by atoms with Crippen LogP contribution in [0, 0.1) is 6.92 Å². The Morgan fingerprint density at radius 3 is 2.75 bits per heavy atom. The van der Waals surface area contributed by atoms with E-state index in [1.807, 2.05) is 48.0 Å². The summed E-state index contributed by atoms with van der Waals surface area (Å²) in [5.74, 6) is 1.26. The maximum absolute atomic E-state index is 12.6. The Bertz CT molecular complexity index is 990. The molecule has 3 aromatic rings. The molecule has 0 radical (unpaired) electrons. The summed E-state index contributed by atoms with van der Waals surface area (Å²) in [5, 5.41) is 8.42. The van der Waals surface area contributed by atoms with Crippen LogP contribution in [0.5, 0.6) is 0 Å². The molecule has 7 heteroatoms. The van der Waals surface area contributed by atoms with Crippen molar-refractivity contribution in [3.63, 3.8) is 0 Å². The van der Waals surface area contributed by atoms with Crippen molar-refractivity contribution in [1.29, 1.82) is 0 Å². The number of hydrogen-bond acceptors (Lipinski definition) is 5. The van der Waals surface area contributed by atoms with Crippen molar-refractivity contribution < 1.29 is 14.1 Å². The minimum Gasteiger partial charge on any atom is -0.360 e. The van der Waals surface area contributed by atoms with E-state index < -0.39 is 0 Å². The standard InChI is InChI=1S/C21H22N4O3/c1-15-12-20-24(10-5-11-25(20)22-15)21(27)9-8-17(26)13-18-14-19(23-28-18)16-6-3-2-4-7-16/h2-4,6-7,12,14H,5,8-11,13H2,1H3. The Morgan fingerprint density at radius 2 is 1.93 bits per heavy atom. The highest BCUT2D eigenvalue weighted by Gasteiger charge is 2.24. The molecular weight excluding hydrogens is 356 g/mol. The van der Waals surface area contributed by atoms with Gasteiger partial charge in [0.1, 0.15) is 23.1 Å². The molecule has 1 amide bonds. The smallest absolute Gasteiger partial charge is 0.228 e. The normalized spacial score (nSPS) is 13.4. The molecule has 4 rings (SSSR count). The summed E-state index contributed by atoms with van der Waals surface area (Å²) in [4.78, 5) is 26.7. The average molecular weight is 378 g/mol. The Balaban J connectivity index is 1.33. The first-order valence-electron chi connectivity index (χ1n) is 9.48. The van der Waals surface area contributed by atoms with Gasteiger partial charge in [-0.05, 0) is 13.3 Å². The highest BCUT2D eigenvalue weighted by atomic mass is 16.5. The highest BCUT2D eigenvalue weighted by molar-refractivity contribution is 5.95. The number of fused-ring (bicyclic) bond motifs is 1. The molecule has 0 aliphatic carbocycles. The number of benzene rings is 1. The number of aryl methyl sites for hydroxylation is 2. The van der Waals surface area contributed by atoms with Crippen LogP contribution in [0.1, 0.15) is 30.7 Å². The fourth-order valence-corrected chi connectivity index (χ4v) is 3.46. The molecule has 0 fully saturated rings. The van der Waals surface area contributed by atoms with E-state index >= 15 is 0 Å². The summed E-state index contributed by atoms with van der Waals surface area (Å²) in [6, 6.07) is 13.4. The van der Waals surface area contributed by atoms with Gasteiger partial charge in [0.25, 0.3) is 0 Å². The van der Waals surface area contributed by atoms with E-state index in [9.17, 15) is 9.59 Å². The number of carbonyl (C=O) groups excluding carboxylic acids is 2. The third-order valence-electron chi connectivity index (χ3n) is 4.83. The Labute approximate surface area is 162 Å². The van der Waals surface area contributed by atoms with Crippen LogP contribution in [0.4, 0.5) is 5.82 Å². The zero-order valence-corrected chi connectivity index (χ0v) is 15.8. The van der Waals surface area contributed by atoms with Crippen molar-refractivity contribution in [3.8, 4) is 11.3 Å². The Hall–Kier alpha value is -3.22. The number of nitrogens with zero attached hydrogens (tertiary/aromatic N) is 4. The molecule has 7 nitrogen and oxygen atoms in total. The van der Waals surface area contributed by atoms with E-state index in [0.29, 0.717) is 18.0 Å². The lowest BCUT2D eigenvalue weighted by molar-refractivity contribution is -0.124. The first-order valence-corrected chi connectivity index (χ1v) is 9.48. The van der Waals surface area contributed by atoms with Gasteiger partial charge in [-0.15, -0.1) is 0 Å². The maximum Gasteiger partial charge on any atom is 0.228 e. The molecule has 144 valence electrons. The second-order valence-corrected chi connectivity index (χ2v) is 7.03. The largest absolute Gasteiger partial charge is 0.360 e. The number of rotatable bonds is 6. The molecule has 2 aromatic heterocycles. The molecule has 0 saturated heterocycles. The van der Waals surface area contributed by atoms with Gasteiger partial charge in [0.05, 0.1) is 12.1 Å². The molecule has 0 saturated carbocycles. The molecular formula is C21H22N4O3. The van der Waals surface area contributed by atoms with Gasteiger partial charge in [-0.1, -0.05) is 35.5 Å². The van der Waals surface area contributed by atoms with Gasteiger partial charge in [-0.2, -0.15) is 5.10 Å². The van der Waals surface area contributed by atoms with E-state index in [-0.39, 0.29) is 31.0 Å². The molecule has 1 aliphatic heterocycles. The quantitative estimate of drug-likeness (QED) is 0.658. The Morgan fingerprint density at radius 1 is 1.11 bits per heavy atom. The molecule has 0 atom stereocenters. The monoisotopic (exact) mass is 378 g/mol. The second-order valence-electron chi connectivity index (χ2n) is 7.03. The maximum atomic E-state index is 12.6. The van der Waals surface area contributed by atoms with Gasteiger partial charge in [-0.3, -0.25) is 14.5 Å². The van der Waals surface area contributed by atoms with Crippen molar-refractivity contribution in [3.05, 3.63) is 53.9 Å². The molecule has 0 N–H and O–H groups in total. The van der Waals surface area contributed by atoms with Crippen LogP contribution < -0.4 is 4.90 Å². The van der Waals surface area contributed by atoms with Gasteiger partial charge in [0.15, 0.2) is 0 Å². The van der Waals surface area contributed by atoms with Crippen molar-refractivity contribution in [2.75, 3.05) is 11.4 Å². The first-order chi connectivity index (χ1) is 13.6. The highest BCUT2D eigenvalue weighted by Crippen LogP contribution is 2.23. The number of amides is 1. The molecule has 0 unspecified atom stereocenters. The van der Waals surface area contributed by atoms with Crippen LogP contribution in [0.15, 0.2) is 47.0 Å². The molecule has 1 aliphatic rings. The van der Waals surface area contributed by atoms with Crippen LogP contribution in [-0.4, -0.2) is 33.2 Å². The van der Waals surface area contributed by atoms with Crippen molar-refractivity contribution in [1.82, 2.24) is 14.9 Å². The zero-order chi connectivity index (χ0) is 19.5. The van der Waals surface area contributed by atoms with Crippen LogP contribution in [0.3, 0.4) is 0 Å². The van der Waals surface area contributed by atoms with E-state index in [2.05, 4.69) is 10.3 Å². The van der Waals surface area contributed by atoms with E-state index in [1.54, 1.807) is 11.0 Å². The fraction of sp³-hybridized carbons (Fsp3) is 0.333. The summed E-state index contributed by atoms with van der Waals surface area (Å²) >= 11 is 0. The summed E-state index contributed by atoms with van der Waals surface area (Å²) < 4.78 is 7.14. The van der Waals surface area contributed by atoms with Gasteiger partial charge in [0.2, 0.25) is 5.91 Å². The number of ketones is 1. The fourth-order valence-electron chi connectivity index (χ4n) is 3.46. The lowest BCUT2D eigenvalue weighted by atomic mass is 10.1. The Kier molecular flexibility index (Phi) is 5.06. The molecule has 1 aromatic carbocycles. The number of hydrogen-bond donors (Lipinski definition) is 0. The lowest BCUT2D eigenvalue weighted by Gasteiger charge is -2.27. The van der Waals surface area contributed by atoms with Crippen molar-refractivity contribution in [2.24, 2.45) is 0 Å². The van der Waals surface area contributed by atoms with Gasteiger partial charge >= 0.3 is 0 Å². The van der Waals surface area contributed by atoms with E-state index in [0.717, 1.165) is 30.0 Å².